The van der Waals surface area contributed by atoms with E-state index < -0.39 is 5.91 Å². The molecule has 0 spiro atoms. The Bertz CT molecular complexity index is 1260. The van der Waals surface area contributed by atoms with E-state index in [9.17, 15) is 9.59 Å². The van der Waals surface area contributed by atoms with E-state index in [0.29, 0.717) is 39.0 Å². The first-order chi connectivity index (χ1) is 14.1. The van der Waals surface area contributed by atoms with Crippen LogP contribution < -0.4 is 15.4 Å². The molecule has 0 aliphatic carbocycles. The minimum Gasteiger partial charge on any atom is -0.454 e. The molecular weight excluding hydrogens is 392 g/mol. The van der Waals surface area contributed by atoms with Gasteiger partial charge in [-0.25, -0.2) is 0 Å². The number of carbonyl (C=O) groups is 2. The minimum absolute atomic E-state index is 0.184. The number of furan rings is 1. The molecule has 2 amide bonds. The summed E-state index contributed by atoms with van der Waals surface area (Å²) in [6.45, 7) is 0. The lowest BCUT2D eigenvalue weighted by atomic mass is 10.1. The normalized spacial score (nSPS) is 12.4. The number of benzene rings is 3. The predicted molar refractivity (Wildman–Crippen MR) is 110 cm³/mol. The van der Waals surface area contributed by atoms with Crippen LogP contribution in [-0.4, -0.2) is 11.8 Å². The highest BCUT2D eigenvalue weighted by Gasteiger charge is 2.22. The SMILES string of the molecule is O=C(Nc1ccc2c(c1)C(=O)Nc1cc(Cl)ccc1O2)c1cc2ccccc2o1. The van der Waals surface area contributed by atoms with Gasteiger partial charge in [0.1, 0.15) is 11.3 Å². The van der Waals surface area contributed by atoms with Gasteiger partial charge in [0.15, 0.2) is 11.5 Å². The van der Waals surface area contributed by atoms with E-state index in [1.807, 2.05) is 18.2 Å². The van der Waals surface area contributed by atoms with Crippen molar-refractivity contribution in [3.8, 4) is 11.5 Å². The molecule has 0 unspecified atom stereocenters. The molecule has 29 heavy (non-hydrogen) atoms. The van der Waals surface area contributed by atoms with Crippen molar-refractivity contribution in [2.24, 2.45) is 0 Å². The second kappa shape index (κ2) is 6.68. The molecule has 1 aliphatic rings. The first kappa shape index (κ1) is 17.3. The number of ether oxygens (including phenoxy) is 1. The Morgan fingerprint density at radius 2 is 1.79 bits per heavy atom. The minimum atomic E-state index is -0.411. The Balaban J connectivity index is 1.43. The molecule has 5 rings (SSSR count). The third-order valence-electron chi connectivity index (χ3n) is 4.54. The first-order valence-electron chi connectivity index (χ1n) is 8.79. The maximum Gasteiger partial charge on any atom is 0.291 e. The van der Waals surface area contributed by atoms with Gasteiger partial charge in [-0.15, -0.1) is 0 Å². The van der Waals surface area contributed by atoms with Crippen LogP contribution in [0.5, 0.6) is 11.5 Å². The van der Waals surface area contributed by atoms with Crippen LogP contribution in [0, 0.1) is 0 Å². The van der Waals surface area contributed by atoms with Crippen molar-refractivity contribution in [2.75, 3.05) is 10.6 Å². The largest absolute Gasteiger partial charge is 0.454 e. The zero-order valence-corrected chi connectivity index (χ0v) is 15.6. The standard InChI is InChI=1S/C22H13ClN2O4/c23-13-5-7-19-16(10-13)25-21(26)15-11-14(6-8-18(15)29-19)24-22(27)20-9-12-3-1-2-4-17(12)28-20/h1-11H,(H,24,27)(H,25,26). The van der Waals surface area contributed by atoms with Gasteiger partial charge in [0.05, 0.1) is 11.3 Å². The third-order valence-corrected chi connectivity index (χ3v) is 4.78. The highest BCUT2D eigenvalue weighted by atomic mass is 35.5. The van der Waals surface area contributed by atoms with E-state index >= 15 is 0 Å². The molecular formula is C22H13ClN2O4. The van der Waals surface area contributed by atoms with Crippen molar-refractivity contribution in [3.05, 3.63) is 83.1 Å². The topological polar surface area (TPSA) is 80.6 Å². The lowest BCUT2D eigenvalue weighted by Gasteiger charge is -2.09. The summed E-state index contributed by atoms with van der Waals surface area (Å²) in [7, 11) is 0. The second-order valence-corrected chi connectivity index (χ2v) is 6.95. The molecule has 2 heterocycles. The van der Waals surface area contributed by atoms with Gasteiger partial charge in [-0.05, 0) is 48.5 Å². The fourth-order valence-electron chi connectivity index (χ4n) is 3.16. The third kappa shape index (κ3) is 3.19. The number of rotatable bonds is 2. The van der Waals surface area contributed by atoms with Crippen LogP contribution in [0.2, 0.25) is 5.02 Å². The van der Waals surface area contributed by atoms with E-state index in [-0.39, 0.29) is 11.7 Å². The average molecular weight is 405 g/mol. The summed E-state index contributed by atoms with van der Waals surface area (Å²) in [5.41, 5.74) is 1.84. The van der Waals surface area contributed by atoms with E-state index in [1.54, 1.807) is 48.5 Å². The number of hydrogen-bond acceptors (Lipinski definition) is 4. The molecule has 0 bridgehead atoms. The summed E-state index contributed by atoms with van der Waals surface area (Å²) in [5, 5.41) is 6.84. The Morgan fingerprint density at radius 1 is 0.966 bits per heavy atom. The highest BCUT2D eigenvalue weighted by Crippen LogP contribution is 2.38. The lowest BCUT2D eigenvalue weighted by Crippen LogP contribution is -2.13. The van der Waals surface area contributed by atoms with E-state index in [2.05, 4.69) is 10.6 Å². The van der Waals surface area contributed by atoms with Crippen molar-refractivity contribution >= 4 is 45.8 Å². The van der Waals surface area contributed by atoms with Crippen molar-refractivity contribution in [1.82, 2.24) is 0 Å². The number of amides is 2. The molecule has 0 fully saturated rings. The Morgan fingerprint density at radius 3 is 2.66 bits per heavy atom. The Kier molecular flexibility index (Phi) is 4.00. The van der Waals surface area contributed by atoms with Gasteiger partial charge < -0.3 is 19.8 Å². The number of halogens is 1. The number of anilines is 2. The van der Waals surface area contributed by atoms with Gasteiger partial charge in [-0.1, -0.05) is 29.8 Å². The summed E-state index contributed by atoms with van der Waals surface area (Å²) >= 11 is 6.00. The maximum atomic E-state index is 12.6. The molecule has 0 radical (unpaired) electrons. The van der Waals surface area contributed by atoms with Gasteiger partial charge in [0.25, 0.3) is 11.8 Å². The zero-order chi connectivity index (χ0) is 20.0. The Labute approximate surface area is 170 Å². The fraction of sp³-hybridized carbons (Fsp3) is 0. The highest BCUT2D eigenvalue weighted by molar-refractivity contribution is 6.31. The van der Waals surface area contributed by atoms with Crippen molar-refractivity contribution in [3.63, 3.8) is 0 Å². The number of carbonyl (C=O) groups excluding carboxylic acids is 2. The smallest absolute Gasteiger partial charge is 0.291 e. The molecule has 0 saturated heterocycles. The van der Waals surface area contributed by atoms with Crippen LogP contribution in [0.4, 0.5) is 11.4 Å². The van der Waals surface area contributed by atoms with Crippen molar-refractivity contribution in [2.45, 2.75) is 0 Å². The van der Waals surface area contributed by atoms with Gasteiger partial charge in [-0.2, -0.15) is 0 Å². The van der Waals surface area contributed by atoms with Crippen LogP contribution >= 0.6 is 11.6 Å². The number of para-hydroxylation sites is 1. The average Bonchev–Trinajstić information content (AvgIpc) is 3.10. The van der Waals surface area contributed by atoms with Crippen LogP contribution in [0.25, 0.3) is 11.0 Å². The zero-order valence-electron chi connectivity index (χ0n) is 14.9. The molecule has 0 saturated carbocycles. The molecule has 6 nitrogen and oxygen atoms in total. The molecule has 4 aromatic rings. The fourth-order valence-corrected chi connectivity index (χ4v) is 3.33. The van der Waals surface area contributed by atoms with Crippen LogP contribution in [-0.2, 0) is 0 Å². The van der Waals surface area contributed by atoms with Crippen molar-refractivity contribution < 1.29 is 18.7 Å². The quantitative estimate of drug-likeness (QED) is 0.449. The predicted octanol–water partition coefficient (Wildman–Crippen LogP) is 5.70. The number of hydrogen-bond donors (Lipinski definition) is 2. The van der Waals surface area contributed by atoms with Crippen LogP contribution in [0.1, 0.15) is 20.9 Å². The lowest BCUT2D eigenvalue weighted by molar-refractivity contribution is 0.0995. The molecule has 142 valence electrons. The number of nitrogens with one attached hydrogen (secondary N) is 2. The van der Waals surface area contributed by atoms with Gasteiger partial charge in [0.2, 0.25) is 0 Å². The van der Waals surface area contributed by atoms with E-state index in [0.717, 1.165) is 5.39 Å². The summed E-state index contributed by atoms with van der Waals surface area (Å²) < 4.78 is 11.4. The van der Waals surface area contributed by atoms with Gasteiger partial charge in [-0.3, -0.25) is 9.59 Å². The summed E-state index contributed by atoms with van der Waals surface area (Å²) in [4.78, 5) is 25.2. The van der Waals surface area contributed by atoms with Crippen LogP contribution in [0.3, 0.4) is 0 Å². The monoisotopic (exact) mass is 404 g/mol. The summed E-state index contributed by atoms with van der Waals surface area (Å²) in [5.74, 6) is 0.279. The number of fused-ring (bicyclic) bond motifs is 3. The first-order valence-corrected chi connectivity index (χ1v) is 9.17. The molecule has 1 aliphatic heterocycles. The van der Waals surface area contributed by atoms with Crippen molar-refractivity contribution in [1.29, 1.82) is 0 Å². The molecule has 7 heteroatoms. The molecule has 0 atom stereocenters. The summed E-state index contributed by atoms with van der Waals surface area (Å²) in [6.07, 6.45) is 0. The van der Waals surface area contributed by atoms with Gasteiger partial charge >= 0.3 is 0 Å². The van der Waals surface area contributed by atoms with E-state index in [1.165, 1.54) is 0 Å². The molecule has 1 aromatic heterocycles. The molecule has 3 aromatic carbocycles. The second-order valence-electron chi connectivity index (χ2n) is 6.51. The maximum absolute atomic E-state index is 12.6. The summed E-state index contributed by atoms with van der Waals surface area (Å²) in [6, 6.07) is 18.9. The van der Waals surface area contributed by atoms with Crippen LogP contribution in [0.15, 0.2) is 71.1 Å². The van der Waals surface area contributed by atoms with E-state index in [4.69, 9.17) is 20.8 Å². The Hall–Kier alpha value is -3.77. The van der Waals surface area contributed by atoms with Gasteiger partial charge in [0, 0.05) is 16.1 Å². The molecule has 2 N–H and O–H groups in total.